The normalized spacial score (nSPS) is 17.0. The molecule has 2 aliphatic rings. The molecule has 41 heavy (non-hydrogen) atoms. The molecule has 3 aromatic rings. The minimum absolute atomic E-state index is 0.0216. The fraction of sp³-hybridized carbons (Fsp3) is 0.345. The van der Waals surface area contributed by atoms with Crippen molar-refractivity contribution in [1.82, 2.24) is 9.80 Å². The van der Waals surface area contributed by atoms with E-state index in [4.69, 9.17) is 9.47 Å². The average molecular weight is 584 g/mol. The first kappa shape index (κ1) is 28.5. The lowest BCUT2D eigenvalue weighted by molar-refractivity contribution is 0.0130. The number of carbonyl (C=O) groups excluding carboxylic acids is 3. The Kier molecular flexibility index (Phi) is 7.98. The lowest BCUT2D eigenvalue weighted by atomic mass is 10.1. The highest BCUT2D eigenvalue weighted by Crippen LogP contribution is 2.41. The van der Waals surface area contributed by atoms with E-state index in [-0.39, 0.29) is 55.2 Å². The van der Waals surface area contributed by atoms with Gasteiger partial charge in [-0.3, -0.25) is 9.59 Å². The monoisotopic (exact) mass is 583 g/mol. The summed E-state index contributed by atoms with van der Waals surface area (Å²) >= 11 is 1.09. The van der Waals surface area contributed by atoms with E-state index >= 15 is 0 Å². The maximum atomic E-state index is 14.1. The number of rotatable bonds is 9. The number of halogens is 1. The number of hydrogen-bond acceptors (Lipinski definition) is 9. The molecule has 2 aliphatic heterocycles. The highest BCUT2D eigenvalue weighted by atomic mass is 32.1. The van der Waals surface area contributed by atoms with Crippen LogP contribution in [0.4, 0.5) is 9.39 Å². The Morgan fingerprint density at radius 3 is 2.61 bits per heavy atom. The van der Waals surface area contributed by atoms with Gasteiger partial charge in [0.1, 0.15) is 27.5 Å². The van der Waals surface area contributed by atoms with Crippen LogP contribution in [0.25, 0.3) is 0 Å². The summed E-state index contributed by atoms with van der Waals surface area (Å²) in [5.41, 5.74) is 1.89. The number of carbonyl (C=O) groups is 3. The van der Waals surface area contributed by atoms with Crippen molar-refractivity contribution in [3.63, 3.8) is 0 Å². The molecule has 1 aromatic heterocycles. The molecule has 0 bridgehead atoms. The van der Waals surface area contributed by atoms with Crippen LogP contribution in [0, 0.1) is 12.7 Å². The number of hydrogen-bond donors (Lipinski definition) is 2. The molecule has 0 aliphatic carbocycles. The highest BCUT2D eigenvalue weighted by molar-refractivity contribution is 7.18. The molecule has 0 saturated heterocycles. The summed E-state index contributed by atoms with van der Waals surface area (Å²) in [6, 6.07) is 10.6. The quantitative estimate of drug-likeness (QED) is 0.368. The van der Waals surface area contributed by atoms with Gasteiger partial charge in [0.25, 0.3) is 11.8 Å². The summed E-state index contributed by atoms with van der Waals surface area (Å²) in [6.07, 6.45) is -2.33. The van der Waals surface area contributed by atoms with E-state index in [1.165, 1.54) is 35.1 Å². The highest BCUT2D eigenvalue weighted by Gasteiger charge is 2.39. The Morgan fingerprint density at radius 2 is 1.90 bits per heavy atom. The molecular formula is C29H30FN3O7S. The Labute approximate surface area is 240 Å². The lowest BCUT2D eigenvalue weighted by Gasteiger charge is -2.38. The number of aliphatic hydroxyl groups is 2. The van der Waals surface area contributed by atoms with Gasteiger partial charge >= 0.3 is 5.97 Å². The lowest BCUT2D eigenvalue weighted by Crippen LogP contribution is -2.50. The molecule has 2 amide bonds. The number of ether oxygens (including phenoxy) is 2. The second-order valence-corrected chi connectivity index (χ2v) is 10.7. The number of thiophene rings is 1. The van der Waals surface area contributed by atoms with E-state index < -0.39 is 24.1 Å². The largest absolute Gasteiger partial charge is 0.496 e. The number of amides is 2. The Balaban J connectivity index is 1.44. The van der Waals surface area contributed by atoms with Crippen molar-refractivity contribution in [2.24, 2.45) is 0 Å². The fourth-order valence-corrected chi connectivity index (χ4v) is 6.44. The summed E-state index contributed by atoms with van der Waals surface area (Å²) in [6.45, 7) is 3.62. The Bertz CT molecular complexity index is 1510. The molecule has 3 heterocycles. The van der Waals surface area contributed by atoms with Crippen LogP contribution < -0.4 is 9.64 Å². The van der Waals surface area contributed by atoms with Gasteiger partial charge in [-0.25, -0.2) is 9.18 Å². The molecule has 2 unspecified atom stereocenters. The molecule has 216 valence electrons. The number of methoxy groups -OCH3 is 1. The van der Waals surface area contributed by atoms with E-state index in [2.05, 4.69) is 0 Å². The van der Waals surface area contributed by atoms with E-state index in [0.29, 0.717) is 33.0 Å². The molecule has 0 radical (unpaired) electrons. The standard InChI is InChI=1S/C29H30FN3O7S/c1-4-40-29(38)24-16(2)23-27(37)31(11-12-33-25(35)18-7-5-6-8-19(18)26(33)36)15-32(28(23)41-24)14-21(34)20-13-17(30)9-10-22(20)39-3/h5-10,13,21,25,34-35H,4,11-12,14-15H2,1-3H3. The number of aliphatic hydroxyl groups excluding tert-OH is 2. The van der Waals surface area contributed by atoms with Crippen LogP contribution in [-0.4, -0.2) is 77.8 Å². The summed E-state index contributed by atoms with van der Waals surface area (Å²) < 4.78 is 24.6. The number of nitrogens with zero attached hydrogens (tertiary/aromatic N) is 3. The van der Waals surface area contributed by atoms with Crippen molar-refractivity contribution in [3.05, 3.63) is 81.0 Å². The van der Waals surface area contributed by atoms with Crippen LogP contribution in [0.5, 0.6) is 5.75 Å². The van der Waals surface area contributed by atoms with Crippen molar-refractivity contribution < 1.29 is 38.5 Å². The summed E-state index contributed by atoms with van der Waals surface area (Å²) in [5.74, 6) is -1.47. The molecular weight excluding hydrogens is 553 g/mol. The summed E-state index contributed by atoms with van der Waals surface area (Å²) in [4.78, 5) is 44.2. The Hall–Kier alpha value is -4.00. The van der Waals surface area contributed by atoms with Gasteiger partial charge < -0.3 is 34.4 Å². The first-order valence-electron chi connectivity index (χ1n) is 13.1. The third-order valence-corrected chi connectivity index (χ3v) is 8.63. The molecule has 5 rings (SSSR count). The predicted octanol–water partition coefficient (Wildman–Crippen LogP) is 3.48. The number of fused-ring (bicyclic) bond motifs is 2. The molecule has 2 atom stereocenters. The van der Waals surface area contributed by atoms with Gasteiger partial charge in [0, 0.05) is 29.8 Å². The molecule has 0 fully saturated rings. The molecule has 0 saturated carbocycles. The van der Waals surface area contributed by atoms with E-state index in [1.807, 2.05) is 0 Å². The number of β-amino-alcohol motifs (C(OH)–C–C–N with tert-alkyl or cyclic N) is 1. The minimum atomic E-state index is -1.20. The molecule has 2 N–H and O–H groups in total. The van der Waals surface area contributed by atoms with Crippen molar-refractivity contribution in [2.45, 2.75) is 26.2 Å². The van der Waals surface area contributed by atoms with Crippen LogP contribution in [-0.2, 0) is 4.74 Å². The van der Waals surface area contributed by atoms with Crippen molar-refractivity contribution in [1.29, 1.82) is 0 Å². The van der Waals surface area contributed by atoms with Gasteiger partial charge in [-0.2, -0.15) is 0 Å². The van der Waals surface area contributed by atoms with Crippen molar-refractivity contribution in [2.75, 3.05) is 44.9 Å². The van der Waals surface area contributed by atoms with E-state index in [1.54, 1.807) is 43.0 Å². The van der Waals surface area contributed by atoms with Gasteiger partial charge in [0.15, 0.2) is 6.23 Å². The van der Waals surface area contributed by atoms with Crippen LogP contribution in [0.2, 0.25) is 0 Å². The minimum Gasteiger partial charge on any atom is -0.496 e. The van der Waals surface area contributed by atoms with Gasteiger partial charge in [-0.15, -0.1) is 11.3 Å². The second-order valence-electron chi connectivity index (χ2n) is 9.75. The first-order chi connectivity index (χ1) is 19.7. The van der Waals surface area contributed by atoms with Gasteiger partial charge in [0.2, 0.25) is 0 Å². The number of esters is 1. The summed E-state index contributed by atoms with van der Waals surface area (Å²) in [5, 5.41) is 22.4. The topological polar surface area (TPSA) is 120 Å². The van der Waals surface area contributed by atoms with Crippen LogP contribution >= 0.6 is 11.3 Å². The first-order valence-corrected chi connectivity index (χ1v) is 13.9. The van der Waals surface area contributed by atoms with E-state index in [0.717, 1.165) is 11.3 Å². The third-order valence-electron chi connectivity index (χ3n) is 7.30. The third kappa shape index (κ3) is 5.14. The molecule has 12 heteroatoms. The number of benzene rings is 2. The van der Waals surface area contributed by atoms with Gasteiger partial charge in [-0.1, -0.05) is 18.2 Å². The van der Waals surface area contributed by atoms with Crippen LogP contribution in [0.3, 0.4) is 0 Å². The zero-order chi connectivity index (χ0) is 29.4. The fourth-order valence-electron chi connectivity index (χ4n) is 5.25. The van der Waals surface area contributed by atoms with Crippen LogP contribution in [0.15, 0.2) is 42.5 Å². The maximum absolute atomic E-state index is 14.1. The molecule has 0 spiro atoms. The van der Waals surface area contributed by atoms with Crippen molar-refractivity contribution >= 4 is 34.1 Å². The average Bonchev–Trinajstić information content (AvgIpc) is 3.43. The second kappa shape index (κ2) is 11.5. The Morgan fingerprint density at radius 1 is 1.15 bits per heavy atom. The smallest absolute Gasteiger partial charge is 0.348 e. The SMILES string of the molecule is CCOC(=O)c1sc2c(c1C)C(=O)N(CCN1C(=O)c3ccccc3C1O)CN2CC(O)c1cc(F)ccc1OC. The molecule has 10 nitrogen and oxygen atoms in total. The summed E-state index contributed by atoms with van der Waals surface area (Å²) in [7, 11) is 1.42. The zero-order valence-corrected chi connectivity index (χ0v) is 23.6. The zero-order valence-electron chi connectivity index (χ0n) is 22.8. The number of anilines is 1. The van der Waals surface area contributed by atoms with Gasteiger partial charge in [-0.05, 0) is 43.7 Å². The van der Waals surface area contributed by atoms with Gasteiger partial charge in [0.05, 0.1) is 32.5 Å². The maximum Gasteiger partial charge on any atom is 0.348 e. The predicted molar refractivity (Wildman–Crippen MR) is 149 cm³/mol. The van der Waals surface area contributed by atoms with Crippen LogP contribution in [0.1, 0.15) is 66.3 Å². The van der Waals surface area contributed by atoms with E-state index in [9.17, 15) is 29.0 Å². The molecule has 2 aromatic carbocycles. The van der Waals surface area contributed by atoms with Crippen molar-refractivity contribution in [3.8, 4) is 5.75 Å².